The van der Waals surface area contributed by atoms with Crippen molar-refractivity contribution >= 4 is 17.7 Å². The molecule has 0 unspecified atom stereocenters. The van der Waals surface area contributed by atoms with Crippen molar-refractivity contribution in [2.45, 2.75) is 26.4 Å². The number of benzene rings is 1. The third-order valence-corrected chi connectivity index (χ3v) is 2.28. The Kier molecular flexibility index (Phi) is 4.96. The van der Waals surface area contributed by atoms with Crippen molar-refractivity contribution in [1.29, 1.82) is 0 Å². The number of para-hydroxylation sites is 2. The first-order valence-corrected chi connectivity index (χ1v) is 6.10. The fourth-order valence-corrected chi connectivity index (χ4v) is 1.55. The third kappa shape index (κ3) is 4.46. The average Bonchev–Trinajstić information content (AvgIpc) is 2.33. The molecule has 6 nitrogen and oxygen atoms in total. The zero-order valence-corrected chi connectivity index (χ0v) is 12.0. The maximum absolute atomic E-state index is 12.1. The number of hydrogen-bond acceptors (Lipinski definition) is 4. The number of amides is 1. The highest BCUT2D eigenvalue weighted by atomic mass is 16.6. The van der Waals surface area contributed by atoms with E-state index in [1.807, 2.05) is 0 Å². The van der Waals surface area contributed by atoms with Crippen LogP contribution >= 0.6 is 0 Å². The van der Waals surface area contributed by atoms with E-state index < -0.39 is 24.2 Å². The lowest BCUT2D eigenvalue weighted by Crippen LogP contribution is -2.40. The molecule has 0 bridgehead atoms. The van der Waals surface area contributed by atoms with Crippen LogP contribution in [-0.2, 0) is 9.53 Å². The third-order valence-electron chi connectivity index (χ3n) is 2.28. The van der Waals surface area contributed by atoms with Crippen molar-refractivity contribution in [3.8, 4) is 5.75 Å². The van der Waals surface area contributed by atoms with Crippen molar-refractivity contribution < 1.29 is 24.2 Å². The van der Waals surface area contributed by atoms with Gasteiger partial charge in [-0.2, -0.15) is 0 Å². The maximum atomic E-state index is 12.1. The molecule has 6 heteroatoms. The number of carboxylic acids is 1. The number of ether oxygens (including phenoxy) is 2. The number of anilines is 1. The summed E-state index contributed by atoms with van der Waals surface area (Å²) in [6.45, 7) is 4.64. The second-order valence-electron chi connectivity index (χ2n) is 5.13. The van der Waals surface area contributed by atoms with E-state index in [4.69, 9.17) is 14.6 Å². The standard InChI is InChI=1S/C14H19NO5/c1-14(2,3)20-13(18)15(9-12(16)17)10-7-5-6-8-11(10)19-4/h5-8H,9H2,1-4H3,(H,16,17). The lowest BCUT2D eigenvalue weighted by atomic mass is 10.2. The van der Waals surface area contributed by atoms with Gasteiger partial charge in [0.2, 0.25) is 0 Å². The van der Waals surface area contributed by atoms with Crippen LogP contribution in [0.15, 0.2) is 24.3 Å². The summed E-state index contributed by atoms with van der Waals surface area (Å²) < 4.78 is 10.4. The van der Waals surface area contributed by atoms with Gasteiger partial charge in [-0.05, 0) is 32.9 Å². The molecule has 1 aromatic carbocycles. The number of carboxylic acid groups (broad SMARTS) is 1. The van der Waals surface area contributed by atoms with Gasteiger partial charge in [-0.3, -0.25) is 9.69 Å². The van der Waals surface area contributed by atoms with Crippen LogP contribution in [0.4, 0.5) is 10.5 Å². The molecule has 0 saturated carbocycles. The van der Waals surface area contributed by atoms with E-state index in [0.717, 1.165) is 4.90 Å². The number of hydrogen-bond donors (Lipinski definition) is 1. The van der Waals surface area contributed by atoms with Crippen LogP contribution in [0.2, 0.25) is 0 Å². The molecule has 0 spiro atoms. The number of carbonyl (C=O) groups is 2. The van der Waals surface area contributed by atoms with Gasteiger partial charge in [0.15, 0.2) is 0 Å². The van der Waals surface area contributed by atoms with Crippen LogP contribution in [0.3, 0.4) is 0 Å². The quantitative estimate of drug-likeness (QED) is 0.917. The SMILES string of the molecule is COc1ccccc1N(CC(=O)O)C(=O)OC(C)(C)C. The van der Waals surface area contributed by atoms with Gasteiger partial charge in [0.05, 0.1) is 12.8 Å². The molecule has 0 aliphatic rings. The molecule has 20 heavy (non-hydrogen) atoms. The molecule has 1 rings (SSSR count). The molecule has 0 atom stereocenters. The van der Waals surface area contributed by atoms with Crippen LogP contribution in [0, 0.1) is 0 Å². The molecule has 0 heterocycles. The van der Waals surface area contributed by atoms with Crippen LogP contribution in [0.25, 0.3) is 0 Å². The smallest absolute Gasteiger partial charge is 0.415 e. The molecule has 1 aromatic rings. The van der Waals surface area contributed by atoms with Crippen molar-refractivity contribution in [3.05, 3.63) is 24.3 Å². The summed E-state index contributed by atoms with van der Waals surface area (Å²) in [5.41, 5.74) is -0.359. The molecule has 0 fully saturated rings. The number of nitrogens with zero attached hydrogens (tertiary/aromatic N) is 1. The van der Waals surface area contributed by atoms with Gasteiger partial charge < -0.3 is 14.6 Å². The Morgan fingerprint density at radius 3 is 2.35 bits per heavy atom. The summed E-state index contributed by atoms with van der Waals surface area (Å²) in [4.78, 5) is 24.1. The Morgan fingerprint density at radius 1 is 1.25 bits per heavy atom. The van der Waals surface area contributed by atoms with Gasteiger partial charge >= 0.3 is 12.1 Å². The summed E-state index contributed by atoms with van der Waals surface area (Å²) in [5, 5.41) is 8.97. The van der Waals surface area contributed by atoms with Crippen LogP contribution < -0.4 is 9.64 Å². The second-order valence-corrected chi connectivity index (χ2v) is 5.13. The van der Waals surface area contributed by atoms with E-state index in [1.165, 1.54) is 7.11 Å². The zero-order valence-electron chi connectivity index (χ0n) is 12.0. The van der Waals surface area contributed by atoms with Crippen LogP contribution in [0.5, 0.6) is 5.75 Å². The molecule has 0 aliphatic carbocycles. The fraction of sp³-hybridized carbons (Fsp3) is 0.429. The highest BCUT2D eigenvalue weighted by Crippen LogP contribution is 2.28. The number of methoxy groups -OCH3 is 1. The molecular weight excluding hydrogens is 262 g/mol. The lowest BCUT2D eigenvalue weighted by Gasteiger charge is -2.27. The van der Waals surface area contributed by atoms with E-state index in [-0.39, 0.29) is 0 Å². The number of rotatable bonds is 4. The Balaban J connectivity index is 3.12. The van der Waals surface area contributed by atoms with E-state index in [0.29, 0.717) is 11.4 Å². The Morgan fingerprint density at radius 2 is 1.85 bits per heavy atom. The first kappa shape index (κ1) is 15.8. The topological polar surface area (TPSA) is 76.1 Å². The van der Waals surface area contributed by atoms with E-state index in [2.05, 4.69) is 0 Å². The predicted octanol–water partition coefficient (Wildman–Crippen LogP) is 2.52. The first-order valence-electron chi connectivity index (χ1n) is 6.10. The molecular formula is C14H19NO5. The number of carbonyl (C=O) groups excluding carboxylic acids is 1. The van der Waals surface area contributed by atoms with Gasteiger partial charge in [-0.15, -0.1) is 0 Å². The van der Waals surface area contributed by atoms with E-state index in [9.17, 15) is 9.59 Å². The number of aliphatic carboxylic acids is 1. The minimum atomic E-state index is -1.14. The molecule has 110 valence electrons. The van der Waals surface area contributed by atoms with Gasteiger partial charge in [-0.1, -0.05) is 12.1 Å². The summed E-state index contributed by atoms with van der Waals surface area (Å²) in [6, 6.07) is 6.67. The average molecular weight is 281 g/mol. The highest BCUT2D eigenvalue weighted by Gasteiger charge is 2.27. The predicted molar refractivity (Wildman–Crippen MR) is 74.2 cm³/mol. The minimum absolute atomic E-state index is 0.353. The minimum Gasteiger partial charge on any atom is -0.495 e. The zero-order chi connectivity index (χ0) is 15.3. The molecule has 0 aliphatic heterocycles. The Bertz CT molecular complexity index is 493. The van der Waals surface area contributed by atoms with E-state index >= 15 is 0 Å². The van der Waals surface area contributed by atoms with Crippen LogP contribution in [-0.4, -0.2) is 36.4 Å². The molecule has 0 radical (unpaired) electrons. The molecule has 1 N–H and O–H groups in total. The van der Waals surface area contributed by atoms with Crippen molar-refractivity contribution in [2.24, 2.45) is 0 Å². The normalized spacial score (nSPS) is 10.8. The maximum Gasteiger partial charge on any atom is 0.415 e. The molecule has 0 saturated heterocycles. The van der Waals surface area contributed by atoms with E-state index in [1.54, 1.807) is 45.0 Å². The Labute approximate surface area is 117 Å². The van der Waals surface area contributed by atoms with Gasteiger partial charge in [0, 0.05) is 0 Å². The molecule has 0 aromatic heterocycles. The van der Waals surface area contributed by atoms with Crippen molar-refractivity contribution in [1.82, 2.24) is 0 Å². The Hall–Kier alpha value is -2.24. The van der Waals surface area contributed by atoms with Gasteiger partial charge in [-0.25, -0.2) is 4.79 Å². The second kappa shape index (κ2) is 6.27. The summed E-state index contributed by atoms with van der Waals surface area (Å²) in [5.74, 6) is -0.735. The molecule has 1 amide bonds. The van der Waals surface area contributed by atoms with Crippen LogP contribution in [0.1, 0.15) is 20.8 Å². The first-order chi connectivity index (χ1) is 9.24. The largest absolute Gasteiger partial charge is 0.495 e. The summed E-state index contributed by atoms with van der Waals surface area (Å²) in [7, 11) is 1.45. The summed E-state index contributed by atoms with van der Waals surface area (Å²) in [6.07, 6.45) is -0.732. The summed E-state index contributed by atoms with van der Waals surface area (Å²) >= 11 is 0. The van der Waals surface area contributed by atoms with Crippen molar-refractivity contribution in [2.75, 3.05) is 18.6 Å². The van der Waals surface area contributed by atoms with Crippen molar-refractivity contribution in [3.63, 3.8) is 0 Å². The lowest BCUT2D eigenvalue weighted by molar-refractivity contribution is -0.135. The highest BCUT2D eigenvalue weighted by molar-refractivity contribution is 5.94. The van der Waals surface area contributed by atoms with Gasteiger partial charge in [0.25, 0.3) is 0 Å². The van der Waals surface area contributed by atoms with Gasteiger partial charge in [0.1, 0.15) is 17.9 Å². The fourth-order valence-electron chi connectivity index (χ4n) is 1.55. The monoisotopic (exact) mass is 281 g/mol.